The zero-order valence-electron chi connectivity index (χ0n) is 18.1. The summed E-state index contributed by atoms with van der Waals surface area (Å²) in [4.78, 5) is 48.2. The van der Waals surface area contributed by atoms with Gasteiger partial charge in [0, 0.05) is 17.9 Å². The number of carbonyl (C=O) groups is 3. The minimum absolute atomic E-state index is 0.103. The number of amides is 2. The molecule has 166 valence electrons. The Hall–Kier alpha value is -3.11. The number of thiazole rings is 2. The number of aromatic nitrogens is 2. The van der Waals surface area contributed by atoms with Crippen LogP contribution in [0.4, 0.5) is 10.8 Å². The molecule has 32 heavy (non-hydrogen) atoms. The lowest BCUT2D eigenvalue weighted by Gasteiger charge is -2.33. The highest BCUT2D eigenvalue weighted by Crippen LogP contribution is 2.38. The Morgan fingerprint density at radius 3 is 2.66 bits per heavy atom. The Balaban J connectivity index is 1.62. The Morgan fingerprint density at radius 1 is 1.25 bits per heavy atom. The molecule has 3 heterocycles. The average molecular weight is 471 g/mol. The van der Waals surface area contributed by atoms with Crippen LogP contribution in [0.1, 0.15) is 40.6 Å². The second-order valence-electron chi connectivity index (χ2n) is 7.41. The quantitative estimate of drug-likeness (QED) is 0.541. The largest absolute Gasteiger partial charge is 0.478 e. The average Bonchev–Trinajstić information content (AvgIpc) is 3.34. The first-order valence-corrected chi connectivity index (χ1v) is 11.8. The standard InChI is InChI=1S/C22H22N4O4S2/c1-5-17-21(29)26(9-19(28)25-22-23-11(2)20(32-22)12(3)27)16-8-14(6-7-18(16)30-17)15-10-31-13(4)24-15/h6-8,10,17H,5,9H2,1-4H3,(H,23,25,28). The van der Waals surface area contributed by atoms with E-state index in [1.54, 1.807) is 18.3 Å². The van der Waals surface area contributed by atoms with Gasteiger partial charge in [-0.05, 0) is 38.5 Å². The molecule has 0 radical (unpaired) electrons. The maximum absolute atomic E-state index is 13.1. The predicted octanol–water partition coefficient (Wildman–Crippen LogP) is 4.23. The lowest BCUT2D eigenvalue weighted by molar-refractivity contribution is -0.128. The number of aryl methyl sites for hydroxylation is 2. The van der Waals surface area contributed by atoms with Gasteiger partial charge in [-0.25, -0.2) is 9.97 Å². The van der Waals surface area contributed by atoms with Gasteiger partial charge in [-0.15, -0.1) is 11.3 Å². The number of hydrogen-bond acceptors (Lipinski definition) is 8. The SMILES string of the molecule is CCC1Oc2ccc(-c3csc(C)n3)cc2N(CC(=O)Nc2nc(C)c(C(C)=O)s2)C1=O. The topological polar surface area (TPSA) is 101 Å². The van der Waals surface area contributed by atoms with Crippen LogP contribution >= 0.6 is 22.7 Å². The minimum Gasteiger partial charge on any atom is -0.478 e. The van der Waals surface area contributed by atoms with Crippen molar-refractivity contribution in [3.05, 3.63) is 39.2 Å². The summed E-state index contributed by atoms with van der Waals surface area (Å²) in [7, 11) is 0. The zero-order chi connectivity index (χ0) is 23.0. The van der Waals surface area contributed by atoms with Crippen molar-refractivity contribution in [2.45, 2.75) is 40.2 Å². The fourth-order valence-electron chi connectivity index (χ4n) is 3.48. The van der Waals surface area contributed by atoms with Crippen molar-refractivity contribution in [2.24, 2.45) is 0 Å². The van der Waals surface area contributed by atoms with Crippen molar-refractivity contribution in [1.82, 2.24) is 9.97 Å². The van der Waals surface area contributed by atoms with E-state index >= 15 is 0 Å². The normalized spacial score (nSPS) is 15.3. The van der Waals surface area contributed by atoms with Gasteiger partial charge in [0.05, 0.1) is 27.0 Å². The van der Waals surface area contributed by atoms with Crippen LogP contribution in [0.5, 0.6) is 5.75 Å². The highest BCUT2D eigenvalue weighted by Gasteiger charge is 2.35. The molecular formula is C22H22N4O4S2. The number of ether oxygens (including phenoxy) is 1. The van der Waals surface area contributed by atoms with Crippen LogP contribution in [-0.4, -0.2) is 40.2 Å². The molecule has 2 amide bonds. The minimum atomic E-state index is -0.658. The number of benzene rings is 1. The summed E-state index contributed by atoms with van der Waals surface area (Å²) in [5.74, 6) is -0.237. The Labute approximate surface area is 193 Å². The van der Waals surface area contributed by atoms with Gasteiger partial charge in [0.15, 0.2) is 17.0 Å². The summed E-state index contributed by atoms with van der Waals surface area (Å²) in [6.45, 7) is 6.78. The number of fused-ring (bicyclic) bond motifs is 1. The van der Waals surface area contributed by atoms with E-state index in [0.717, 1.165) is 27.6 Å². The fraction of sp³-hybridized carbons (Fsp3) is 0.318. The van der Waals surface area contributed by atoms with Crippen LogP contribution in [0, 0.1) is 13.8 Å². The van der Waals surface area contributed by atoms with Gasteiger partial charge in [-0.3, -0.25) is 19.3 Å². The molecule has 2 aromatic heterocycles. The molecule has 8 nitrogen and oxygen atoms in total. The van der Waals surface area contributed by atoms with Crippen molar-refractivity contribution in [3.63, 3.8) is 0 Å². The molecular weight excluding hydrogens is 448 g/mol. The summed E-state index contributed by atoms with van der Waals surface area (Å²) >= 11 is 2.67. The van der Waals surface area contributed by atoms with Crippen LogP contribution in [-0.2, 0) is 9.59 Å². The van der Waals surface area contributed by atoms with Gasteiger partial charge >= 0.3 is 0 Å². The van der Waals surface area contributed by atoms with Gasteiger partial charge in [0.1, 0.15) is 12.3 Å². The van der Waals surface area contributed by atoms with Crippen molar-refractivity contribution in [1.29, 1.82) is 0 Å². The van der Waals surface area contributed by atoms with Crippen molar-refractivity contribution < 1.29 is 19.1 Å². The first-order chi connectivity index (χ1) is 15.3. The number of carbonyl (C=O) groups excluding carboxylic acids is 3. The molecule has 0 aliphatic carbocycles. The zero-order valence-corrected chi connectivity index (χ0v) is 19.7. The molecule has 1 aliphatic heterocycles. The fourth-order valence-corrected chi connectivity index (χ4v) is 4.98. The Morgan fingerprint density at radius 2 is 2.03 bits per heavy atom. The van der Waals surface area contributed by atoms with Crippen molar-refractivity contribution >= 4 is 51.1 Å². The molecule has 1 atom stereocenters. The monoisotopic (exact) mass is 470 g/mol. The number of hydrogen-bond donors (Lipinski definition) is 1. The van der Waals surface area contributed by atoms with Crippen molar-refractivity contribution in [2.75, 3.05) is 16.8 Å². The number of ketones is 1. The van der Waals surface area contributed by atoms with E-state index in [1.807, 2.05) is 37.4 Å². The molecule has 1 aromatic carbocycles. The van der Waals surface area contributed by atoms with Crippen LogP contribution in [0.3, 0.4) is 0 Å². The van der Waals surface area contributed by atoms with Crippen LogP contribution in [0.2, 0.25) is 0 Å². The van der Waals surface area contributed by atoms with Crippen LogP contribution < -0.4 is 15.0 Å². The molecule has 3 aromatic rings. The van der Waals surface area contributed by atoms with E-state index in [-0.39, 0.29) is 18.2 Å². The molecule has 0 saturated heterocycles. The summed E-state index contributed by atoms with van der Waals surface area (Å²) in [5, 5.41) is 5.93. The maximum atomic E-state index is 13.1. The highest BCUT2D eigenvalue weighted by molar-refractivity contribution is 7.17. The predicted molar refractivity (Wildman–Crippen MR) is 125 cm³/mol. The number of rotatable bonds is 6. The molecule has 0 spiro atoms. The first-order valence-electron chi connectivity index (χ1n) is 10.1. The molecule has 0 fully saturated rings. The highest BCUT2D eigenvalue weighted by atomic mass is 32.1. The summed E-state index contributed by atoms with van der Waals surface area (Å²) in [6, 6.07) is 5.53. The second kappa shape index (κ2) is 8.79. The number of nitrogens with one attached hydrogen (secondary N) is 1. The van der Waals surface area contributed by atoms with Gasteiger partial charge in [0.2, 0.25) is 5.91 Å². The summed E-state index contributed by atoms with van der Waals surface area (Å²) in [6.07, 6.45) is -0.175. The molecule has 0 bridgehead atoms. The van der Waals surface area contributed by atoms with Crippen molar-refractivity contribution in [3.8, 4) is 17.0 Å². The number of Topliss-reactive ketones (excluding diaryl/α,β-unsaturated/α-hetero) is 1. The summed E-state index contributed by atoms with van der Waals surface area (Å²) < 4.78 is 5.88. The van der Waals surface area contributed by atoms with Gasteiger partial charge in [-0.2, -0.15) is 0 Å². The summed E-state index contributed by atoms with van der Waals surface area (Å²) in [5.41, 5.74) is 2.74. The van der Waals surface area contributed by atoms with E-state index in [1.165, 1.54) is 11.8 Å². The molecule has 10 heteroatoms. The third-order valence-corrected chi connectivity index (χ3v) is 6.96. The first kappa shape index (κ1) is 22.1. The van der Waals surface area contributed by atoms with E-state index in [2.05, 4.69) is 15.3 Å². The lowest BCUT2D eigenvalue weighted by Crippen LogP contribution is -2.48. The van der Waals surface area contributed by atoms with Crippen LogP contribution in [0.25, 0.3) is 11.3 Å². The third kappa shape index (κ3) is 4.28. The third-order valence-electron chi connectivity index (χ3n) is 5.01. The maximum Gasteiger partial charge on any atom is 0.268 e. The van der Waals surface area contributed by atoms with Crippen LogP contribution in [0.15, 0.2) is 23.6 Å². The van der Waals surface area contributed by atoms with Gasteiger partial charge in [-0.1, -0.05) is 18.3 Å². The van der Waals surface area contributed by atoms with E-state index in [0.29, 0.717) is 33.6 Å². The van der Waals surface area contributed by atoms with E-state index in [4.69, 9.17) is 4.74 Å². The van der Waals surface area contributed by atoms with E-state index in [9.17, 15) is 14.4 Å². The molecule has 1 aliphatic rings. The van der Waals surface area contributed by atoms with Gasteiger partial charge < -0.3 is 10.1 Å². The molecule has 0 saturated carbocycles. The van der Waals surface area contributed by atoms with E-state index < -0.39 is 12.0 Å². The Kier molecular flexibility index (Phi) is 6.07. The number of nitrogens with zero attached hydrogens (tertiary/aromatic N) is 3. The van der Waals surface area contributed by atoms with Gasteiger partial charge in [0.25, 0.3) is 5.91 Å². The number of anilines is 2. The lowest BCUT2D eigenvalue weighted by atomic mass is 10.1. The molecule has 4 rings (SSSR count). The Bertz CT molecular complexity index is 1220. The molecule has 1 N–H and O–H groups in total. The second-order valence-corrected chi connectivity index (χ2v) is 9.47. The smallest absolute Gasteiger partial charge is 0.268 e. The molecule has 1 unspecified atom stereocenters.